The highest BCUT2D eigenvalue weighted by Crippen LogP contribution is 2.47. The molecule has 294 valence electrons. The maximum absolute atomic E-state index is 5.23. The highest BCUT2D eigenvalue weighted by atomic mass is 32.1. The fraction of sp³-hybridized carbons (Fsp3) is 0. The minimum absolute atomic E-state index is 0.645. The van der Waals surface area contributed by atoms with Gasteiger partial charge in [0, 0.05) is 59.4 Å². The molecule has 0 atom stereocenters. The summed E-state index contributed by atoms with van der Waals surface area (Å²) < 4.78 is 7.29. The zero-order valence-electron chi connectivity index (χ0n) is 33.9. The number of rotatable bonds is 6. The quantitative estimate of drug-likeness (QED) is 0.168. The Bertz CT molecular complexity index is 3830. The van der Waals surface area contributed by atoms with Gasteiger partial charge in [0.05, 0.1) is 32.5 Å². The molecule has 0 radical (unpaired) electrons. The van der Waals surface area contributed by atoms with Crippen LogP contribution in [0, 0.1) is 0 Å². The lowest BCUT2D eigenvalue weighted by atomic mass is 10.0. The topological polar surface area (TPSA) is 48.5 Å². The zero-order chi connectivity index (χ0) is 41.4. The van der Waals surface area contributed by atoms with Crippen LogP contribution in [0.25, 0.3) is 120 Å². The summed E-state index contributed by atoms with van der Waals surface area (Å²) in [5.74, 6) is 1.94. The van der Waals surface area contributed by atoms with Crippen LogP contribution in [0.1, 0.15) is 0 Å². The normalized spacial score (nSPS) is 11.8. The third-order valence-corrected chi connectivity index (χ3v) is 13.6. The molecule has 0 aliphatic heterocycles. The van der Waals surface area contributed by atoms with Gasteiger partial charge in [0.25, 0.3) is 0 Å². The van der Waals surface area contributed by atoms with Crippen molar-refractivity contribution in [2.24, 2.45) is 0 Å². The molecule has 0 fully saturated rings. The minimum atomic E-state index is 0.645. The van der Waals surface area contributed by atoms with Gasteiger partial charge in [-0.25, -0.2) is 15.0 Å². The van der Waals surface area contributed by atoms with Gasteiger partial charge < -0.3 is 9.13 Å². The highest BCUT2D eigenvalue weighted by molar-refractivity contribution is 7.26. The molecule has 4 aromatic heterocycles. The van der Waals surface area contributed by atoms with Crippen LogP contribution in [-0.4, -0.2) is 24.1 Å². The van der Waals surface area contributed by atoms with Crippen molar-refractivity contribution in [3.63, 3.8) is 0 Å². The second-order valence-electron chi connectivity index (χ2n) is 15.9. The predicted molar refractivity (Wildman–Crippen MR) is 263 cm³/mol. The van der Waals surface area contributed by atoms with Crippen LogP contribution < -0.4 is 0 Å². The smallest absolute Gasteiger partial charge is 0.164 e. The average molecular weight is 822 g/mol. The fourth-order valence-corrected chi connectivity index (χ4v) is 10.8. The number of hydrogen-bond donors (Lipinski definition) is 0. The lowest BCUT2D eigenvalue weighted by Crippen LogP contribution is -2.01. The molecule has 0 spiro atoms. The first-order valence-electron chi connectivity index (χ1n) is 21.2. The van der Waals surface area contributed by atoms with Crippen LogP contribution in [-0.2, 0) is 0 Å². The van der Waals surface area contributed by atoms with Crippen LogP contribution in [0.15, 0.2) is 212 Å². The third-order valence-electron chi connectivity index (χ3n) is 12.4. The molecular formula is C57H35N5S. The van der Waals surface area contributed by atoms with Crippen LogP contribution >= 0.6 is 11.3 Å². The number of aromatic nitrogens is 5. The number of hydrogen-bond acceptors (Lipinski definition) is 4. The molecule has 0 amide bonds. The second kappa shape index (κ2) is 14.2. The summed E-state index contributed by atoms with van der Waals surface area (Å²) in [7, 11) is 0. The molecule has 0 saturated heterocycles. The van der Waals surface area contributed by atoms with Crippen molar-refractivity contribution in [3.05, 3.63) is 212 Å². The molecular weight excluding hydrogens is 787 g/mol. The van der Waals surface area contributed by atoms with E-state index in [4.69, 9.17) is 15.0 Å². The minimum Gasteiger partial charge on any atom is -0.309 e. The molecule has 13 aromatic rings. The van der Waals surface area contributed by atoms with E-state index in [1.54, 1.807) is 0 Å². The molecule has 6 heteroatoms. The van der Waals surface area contributed by atoms with Gasteiger partial charge in [-0.3, -0.25) is 0 Å². The summed E-state index contributed by atoms with van der Waals surface area (Å²) in [6, 6.07) is 75.5. The molecule has 13 rings (SSSR count). The van der Waals surface area contributed by atoms with Gasteiger partial charge in [0.15, 0.2) is 17.5 Å². The van der Waals surface area contributed by atoms with E-state index in [1.165, 1.54) is 58.5 Å². The Kier molecular flexibility index (Phi) is 8.01. The van der Waals surface area contributed by atoms with E-state index in [0.29, 0.717) is 17.5 Å². The number of para-hydroxylation sites is 2. The fourth-order valence-electron chi connectivity index (χ4n) is 9.60. The molecule has 0 aliphatic rings. The summed E-state index contributed by atoms with van der Waals surface area (Å²) in [5.41, 5.74) is 12.2. The summed E-state index contributed by atoms with van der Waals surface area (Å²) in [6.45, 7) is 0. The van der Waals surface area contributed by atoms with Crippen molar-refractivity contribution in [2.45, 2.75) is 0 Å². The van der Waals surface area contributed by atoms with Gasteiger partial charge in [-0.2, -0.15) is 0 Å². The van der Waals surface area contributed by atoms with Crippen LogP contribution in [0.2, 0.25) is 0 Å². The molecule has 0 bridgehead atoms. The maximum Gasteiger partial charge on any atom is 0.164 e. The highest BCUT2D eigenvalue weighted by Gasteiger charge is 2.25. The number of benzene rings is 9. The van der Waals surface area contributed by atoms with E-state index in [9.17, 15) is 0 Å². The lowest BCUT2D eigenvalue weighted by molar-refractivity contribution is 1.08. The molecule has 0 saturated carbocycles. The van der Waals surface area contributed by atoms with Crippen LogP contribution in [0.4, 0.5) is 0 Å². The van der Waals surface area contributed by atoms with Crippen molar-refractivity contribution in [1.29, 1.82) is 0 Å². The Hall–Kier alpha value is -8.19. The lowest BCUT2D eigenvalue weighted by Gasteiger charge is -2.13. The summed E-state index contributed by atoms with van der Waals surface area (Å²) in [6.07, 6.45) is 0. The Balaban J connectivity index is 1.14. The van der Waals surface area contributed by atoms with E-state index in [1.807, 2.05) is 47.7 Å². The third kappa shape index (κ3) is 5.59. The molecule has 9 aromatic carbocycles. The van der Waals surface area contributed by atoms with Crippen LogP contribution in [0.5, 0.6) is 0 Å². The standard InChI is InChI=1S/C57H35N5S/c1-5-17-36(18-6-1)39-29-31-46-44(35-39)53-48(34-33-47-52(53)41-25-13-15-27-45(41)61(47)40-23-11-4-12-24-40)62(46)49-32-30-43(51-42-26-14-16-28-50(42)63-54(49)51)57-59-55(37-19-7-2-8-20-37)58-56(60-57)38-21-9-3-10-22-38/h1-35H. The molecule has 0 aliphatic carbocycles. The first kappa shape index (κ1) is 35.6. The molecule has 0 N–H and O–H groups in total. The first-order valence-corrected chi connectivity index (χ1v) is 22.0. The number of fused-ring (bicyclic) bond motifs is 10. The van der Waals surface area contributed by atoms with E-state index in [-0.39, 0.29) is 0 Å². The number of thiophene rings is 1. The summed E-state index contributed by atoms with van der Waals surface area (Å²) in [5, 5.41) is 7.24. The average Bonchev–Trinajstić information content (AvgIpc) is 4.03. The van der Waals surface area contributed by atoms with Crippen LogP contribution in [0.3, 0.4) is 0 Å². The van der Waals surface area contributed by atoms with Gasteiger partial charge in [-0.05, 0) is 71.8 Å². The van der Waals surface area contributed by atoms with E-state index in [0.717, 1.165) is 44.5 Å². The Labute approximate surface area is 366 Å². The Morgan fingerprint density at radius 3 is 1.56 bits per heavy atom. The summed E-state index contributed by atoms with van der Waals surface area (Å²) in [4.78, 5) is 15.5. The van der Waals surface area contributed by atoms with Gasteiger partial charge in [-0.15, -0.1) is 11.3 Å². The maximum atomic E-state index is 5.23. The molecule has 4 heterocycles. The number of nitrogens with zero attached hydrogens (tertiary/aromatic N) is 5. The molecule has 5 nitrogen and oxygen atoms in total. The molecule has 63 heavy (non-hydrogen) atoms. The van der Waals surface area contributed by atoms with Gasteiger partial charge in [0.2, 0.25) is 0 Å². The van der Waals surface area contributed by atoms with Gasteiger partial charge >= 0.3 is 0 Å². The van der Waals surface area contributed by atoms with Gasteiger partial charge in [0.1, 0.15) is 0 Å². The van der Waals surface area contributed by atoms with E-state index < -0.39 is 0 Å². The summed E-state index contributed by atoms with van der Waals surface area (Å²) >= 11 is 1.83. The zero-order valence-corrected chi connectivity index (χ0v) is 34.7. The second-order valence-corrected chi connectivity index (χ2v) is 17.0. The van der Waals surface area contributed by atoms with E-state index in [2.05, 4.69) is 185 Å². The van der Waals surface area contributed by atoms with Gasteiger partial charge in [-0.1, -0.05) is 152 Å². The first-order chi connectivity index (χ1) is 31.3. The van der Waals surface area contributed by atoms with Crippen molar-refractivity contribution in [3.8, 4) is 56.7 Å². The molecule has 0 unspecified atom stereocenters. The Morgan fingerprint density at radius 2 is 0.857 bits per heavy atom. The SMILES string of the molecule is c1ccc(-c2ccc3c(c2)c2c4c5ccccc5n(-c5ccccc5)c4ccc2n3-c2ccc(-c3nc(-c4ccccc4)nc(-c4ccccc4)n3)c3c2sc2ccccc23)cc1. The predicted octanol–water partition coefficient (Wildman–Crippen LogP) is 15.1. The van der Waals surface area contributed by atoms with Crippen molar-refractivity contribution in [1.82, 2.24) is 24.1 Å². The van der Waals surface area contributed by atoms with E-state index >= 15 is 0 Å². The van der Waals surface area contributed by atoms with Crippen molar-refractivity contribution < 1.29 is 0 Å². The monoisotopic (exact) mass is 821 g/mol. The van der Waals surface area contributed by atoms with Crippen molar-refractivity contribution >= 4 is 75.1 Å². The van der Waals surface area contributed by atoms with Crippen molar-refractivity contribution in [2.75, 3.05) is 0 Å². The largest absolute Gasteiger partial charge is 0.309 e. The Morgan fingerprint density at radius 1 is 0.333 bits per heavy atom.